The van der Waals surface area contributed by atoms with E-state index in [4.69, 9.17) is 0 Å². The van der Waals surface area contributed by atoms with Crippen molar-refractivity contribution < 1.29 is 9.59 Å². The van der Waals surface area contributed by atoms with E-state index in [1.165, 1.54) is 17.8 Å². The van der Waals surface area contributed by atoms with Crippen LogP contribution < -0.4 is 16.0 Å². The van der Waals surface area contributed by atoms with E-state index >= 15 is 0 Å². The lowest BCUT2D eigenvalue weighted by Gasteiger charge is -2.09. The second kappa shape index (κ2) is 9.76. The van der Waals surface area contributed by atoms with E-state index in [9.17, 15) is 9.59 Å². The number of nitrogens with one attached hydrogen (secondary N) is 3. The summed E-state index contributed by atoms with van der Waals surface area (Å²) in [4.78, 5) is 23.2. The Bertz CT molecular complexity index is 433. The van der Waals surface area contributed by atoms with E-state index in [1.807, 2.05) is 5.38 Å². The SMILES string of the molecule is Cl.O=C(CCNC(=O)c1ccsc1)NCCC1CCNC1. The first-order valence-electron chi connectivity index (χ1n) is 7.03. The molecular formula is C14H22ClN3O2S. The second-order valence-electron chi connectivity index (χ2n) is 5.02. The number of halogens is 1. The van der Waals surface area contributed by atoms with Crippen LogP contribution in [0, 0.1) is 5.92 Å². The van der Waals surface area contributed by atoms with Crippen molar-refractivity contribution in [3.8, 4) is 0 Å². The molecule has 1 aromatic rings. The molecule has 0 aliphatic carbocycles. The Morgan fingerprint density at radius 2 is 2.19 bits per heavy atom. The topological polar surface area (TPSA) is 70.2 Å². The quantitative estimate of drug-likeness (QED) is 0.707. The Labute approximate surface area is 135 Å². The van der Waals surface area contributed by atoms with Gasteiger partial charge in [0.25, 0.3) is 5.91 Å². The van der Waals surface area contributed by atoms with Gasteiger partial charge >= 0.3 is 0 Å². The highest BCUT2D eigenvalue weighted by Gasteiger charge is 2.14. The van der Waals surface area contributed by atoms with Crippen LogP contribution >= 0.6 is 23.7 Å². The molecule has 1 unspecified atom stereocenters. The molecule has 0 saturated carbocycles. The highest BCUT2D eigenvalue weighted by Crippen LogP contribution is 2.10. The lowest BCUT2D eigenvalue weighted by molar-refractivity contribution is -0.120. The van der Waals surface area contributed by atoms with Gasteiger partial charge in [0, 0.05) is 30.5 Å². The molecule has 7 heteroatoms. The van der Waals surface area contributed by atoms with Gasteiger partial charge in [-0.05, 0) is 43.3 Å². The van der Waals surface area contributed by atoms with Gasteiger partial charge in [0.15, 0.2) is 0 Å². The van der Waals surface area contributed by atoms with E-state index in [0.29, 0.717) is 24.4 Å². The van der Waals surface area contributed by atoms with Crippen LogP contribution in [0.3, 0.4) is 0 Å². The third-order valence-corrected chi connectivity index (χ3v) is 4.14. The zero-order chi connectivity index (χ0) is 14.2. The van der Waals surface area contributed by atoms with Crippen LogP contribution in [0.2, 0.25) is 0 Å². The monoisotopic (exact) mass is 331 g/mol. The molecule has 118 valence electrons. The number of amides is 2. The van der Waals surface area contributed by atoms with Crippen molar-refractivity contribution in [1.29, 1.82) is 0 Å². The van der Waals surface area contributed by atoms with Crippen molar-refractivity contribution in [2.75, 3.05) is 26.2 Å². The molecule has 0 radical (unpaired) electrons. The van der Waals surface area contributed by atoms with Gasteiger partial charge in [-0.2, -0.15) is 11.3 Å². The van der Waals surface area contributed by atoms with Crippen LogP contribution in [0.4, 0.5) is 0 Å². The normalized spacial score (nSPS) is 17.0. The van der Waals surface area contributed by atoms with Gasteiger partial charge in [0.2, 0.25) is 5.91 Å². The predicted octanol–water partition coefficient (Wildman–Crippen LogP) is 1.41. The molecule has 1 aliphatic heterocycles. The van der Waals surface area contributed by atoms with E-state index in [1.54, 1.807) is 11.4 Å². The fraction of sp³-hybridized carbons (Fsp3) is 0.571. The fourth-order valence-corrected chi connectivity index (χ4v) is 2.89. The molecule has 2 rings (SSSR count). The van der Waals surface area contributed by atoms with Gasteiger partial charge in [-0.25, -0.2) is 0 Å². The van der Waals surface area contributed by atoms with Crippen molar-refractivity contribution in [1.82, 2.24) is 16.0 Å². The summed E-state index contributed by atoms with van der Waals surface area (Å²) in [6.45, 7) is 3.26. The van der Waals surface area contributed by atoms with Gasteiger partial charge in [0.05, 0.1) is 0 Å². The lowest BCUT2D eigenvalue weighted by Crippen LogP contribution is -2.31. The number of thiophene rings is 1. The molecule has 3 N–H and O–H groups in total. The average molecular weight is 332 g/mol. The van der Waals surface area contributed by atoms with E-state index < -0.39 is 0 Å². The zero-order valence-corrected chi connectivity index (χ0v) is 13.5. The first-order chi connectivity index (χ1) is 9.75. The van der Waals surface area contributed by atoms with E-state index in [-0.39, 0.29) is 24.2 Å². The number of carbonyl (C=O) groups is 2. The second-order valence-corrected chi connectivity index (χ2v) is 5.80. The van der Waals surface area contributed by atoms with Crippen LogP contribution in [0.1, 0.15) is 29.6 Å². The summed E-state index contributed by atoms with van der Waals surface area (Å²) in [7, 11) is 0. The third kappa shape index (κ3) is 6.46. The van der Waals surface area contributed by atoms with Gasteiger partial charge < -0.3 is 16.0 Å². The van der Waals surface area contributed by atoms with Crippen LogP contribution in [-0.4, -0.2) is 38.0 Å². The summed E-state index contributed by atoms with van der Waals surface area (Å²) in [6.07, 6.45) is 2.56. The zero-order valence-electron chi connectivity index (χ0n) is 11.9. The maximum absolute atomic E-state index is 11.6. The highest BCUT2D eigenvalue weighted by atomic mass is 35.5. The summed E-state index contributed by atoms with van der Waals surface area (Å²) < 4.78 is 0. The minimum atomic E-state index is -0.115. The Kier molecular flexibility index (Phi) is 8.34. The summed E-state index contributed by atoms with van der Waals surface area (Å²) >= 11 is 1.49. The van der Waals surface area contributed by atoms with E-state index in [0.717, 1.165) is 26.1 Å². The molecule has 1 aliphatic rings. The van der Waals surface area contributed by atoms with Crippen molar-refractivity contribution in [2.45, 2.75) is 19.3 Å². The number of rotatable bonds is 7. The number of hydrogen-bond donors (Lipinski definition) is 3. The molecule has 0 aromatic carbocycles. The van der Waals surface area contributed by atoms with Crippen molar-refractivity contribution in [3.05, 3.63) is 22.4 Å². The smallest absolute Gasteiger partial charge is 0.252 e. The van der Waals surface area contributed by atoms with Gasteiger partial charge in [0.1, 0.15) is 0 Å². The number of hydrogen-bond acceptors (Lipinski definition) is 4. The molecule has 1 saturated heterocycles. The fourth-order valence-electron chi connectivity index (χ4n) is 2.25. The third-order valence-electron chi connectivity index (χ3n) is 3.46. The van der Waals surface area contributed by atoms with Gasteiger partial charge in [-0.1, -0.05) is 0 Å². The van der Waals surface area contributed by atoms with E-state index in [2.05, 4.69) is 16.0 Å². The van der Waals surface area contributed by atoms with Gasteiger partial charge in [-0.15, -0.1) is 12.4 Å². The summed E-state index contributed by atoms with van der Waals surface area (Å²) in [5.74, 6) is 0.575. The molecule has 21 heavy (non-hydrogen) atoms. The maximum Gasteiger partial charge on any atom is 0.252 e. The van der Waals surface area contributed by atoms with Crippen LogP contribution in [0.15, 0.2) is 16.8 Å². The maximum atomic E-state index is 11.6. The largest absolute Gasteiger partial charge is 0.356 e. The van der Waals surface area contributed by atoms with Crippen LogP contribution in [0.5, 0.6) is 0 Å². The van der Waals surface area contributed by atoms with Crippen molar-refractivity contribution >= 4 is 35.6 Å². The molecule has 0 spiro atoms. The highest BCUT2D eigenvalue weighted by molar-refractivity contribution is 7.08. The first-order valence-corrected chi connectivity index (χ1v) is 7.98. The summed E-state index contributed by atoms with van der Waals surface area (Å²) in [6, 6.07) is 1.77. The van der Waals surface area contributed by atoms with Gasteiger partial charge in [-0.3, -0.25) is 9.59 Å². The predicted molar refractivity (Wildman–Crippen MR) is 87.1 cm³/mol. The number of carbonyl (C=O) groups excluding carboxylic acids is 2. The van der Waals surface area contributed by atoms with Crippen LogP contribution in [-0.2, 0) is 4.79 Å². The standard InChI is InChI=1S/C14H21N3O2S.ClH/c18-13(16-6-2-11-1-5-15-9-11)3-7-17-14(19)12-4-8-20-10-12;/h4,8,10-11,15H,1-3,5-7,9H2,(H,16,18)(H,17,19);1H. The molecule has 0 bridgehead atoms. The summed E-state index contributed by atoms with van der Waals surface area (Å²) in [5.41, 5.74) is 0.657. The minimum absolute atomic E-state index is 0. The molecule has 5 nitrogen and oxygen atoms in total. The minimum Gasteiger partial charge on any atom is -0.356 e. The molecular weight excluding hydrogens is 310 g/mol. The van der Waals surface area contributed by atoms with Crippen LogP contribution in [0.25, 0.3) is 0 Å². The average Bonchev–Trinajstić information content (AvgIpc) is 3.12. The molecule has 1 atom stereocenters. The van der Waals surface area contributed by atoms with Crippen molar-refractivity contribution in [2.24, 2.45) is 5.92 Å². The summed E-state index contributed by atoms with van der Waals surface area (Å²) in [5, 5.41) is 12.6. The van der Waals surface area contributed by atoms with Crippen molar-refractivity contribution in [3.63, 3.8) is 0 Å². The Morgan fingerprint density at radius 1 is 1.33 bits per heavy atom. The Hall–Kier alpha value is -1.11. The lowest BCUT2D eigenvalue weighted by atomic mass is 10.1. The Morgan fingerprint density at radius 3 is 2.86 bits per heavy atom. The first kappa shape index (κ1) is 17.9. The Balaban J connectivity index is 0.00000220. The molecule has 2 amide bonds. The molecule has 2 heterocycles. The molecule has 1 fully saturated rings. The molecule has 1 aromatic heterocycles.